The Morgan fingerprint density at radius 2 is 1.78 bits per heavy atom. The summed E-state index contributed by atoms with van der Waals surface area (Å²) in [5.74, 6) is 4.96. The molecule has 1 saturated heterocycles. The van der Waals surface area contributed by atoms with Gasteiger partial charge >= 0.3 is 0 Å². The Kier molecular flexibility index (Phi) is 5.21. The molecule has 2 fully saturated rings. The van der Waals surface area contributed by atoms with Crippen LogP contribution in [0.1, 0.15) is 61.3 Å². The standard InChI is InChI=1S/C22H25NO4/c1-5-6-17-9-14(2)20(15(3)10-17)21-18(25)11-22(12-19(21)26)7-8-23(16(4)24)27-13-22/h9-10,21H,7-8,11-13H2,1-4H3. The normalized spacial score (nSPS) is 25.3. The maximum atomic E-state index is 13.0. The van der Waals surface area contributed by atoms with Crippen molar-refractivity contribution in [3.8, 4) is 11.8 Å². The molecule has 1 amide bonds. The topological polar surface area (TPSA) is 63.7 Å². The van der Waals surface area contributed by atoms with Crippen molar-refractivity contribution in [3.05, 3.63) is 34.4 Å². The first-order chi connectivity index (χ1) is 12.8. The van der Waals surface area contributed by atoms with Crippen molar-refractivity contribution in [2.75, 3.05) is 13.2 Å². The summed E-state index contributed by atoms with van der Waals surface area (Å²) in [6.07, 6.45) is 1.23. The highest BCUT2D eigenvalue weighted by molar-refractivity contribution is 6.10. The van der Waals surface area contributed by atoms with Crippen LogP contribution in [0.15, 0.2) is 12.1 Å². The van der Waals surface area contributed by atoms with Gasteiger partial charge in [0, 0.05) is 37.3 Å². The number of benzene rings is 1. The third-order valence-corrected chi connectivity index (χ3v) is 5.62. The molecule has 0 aromatic heterocycles. The highest BCUT2D eigenvalue weighted by Crippen LogP contribution is 2.44. The summed E-state index contributed by atoms with van der Waals surface area (Å²) >= 11 is 0. The van der Waals surface area contributed by atoms with Gasteiger partial charge in [0.15, 0.2) is 0 Å². The second-order valence-corrected chi connectivity index (χ2v) is 7.76. The minimum absolute atomic E-state index is 0.0494. The lowest BCUT2D eigenvalue weighted by Crippen LogP contribution is -2.49. The number of rotatable bonds is 1. The van der Waals surface area contributed by atoms with E-state index in [1.54, 1.807) is 6.92 Å². The minimum Gasteiger partial charge on any atom is -0.298 e. The summed E-state index contributed by atoms with van der Waals surface area (Å²) in [6, 6.07) is 3.89. The van der Waals surface area contributed by atoms with Gasteiger partial charge in [-0.05, 0) is 56.0 Å². The van der Waals surface area contributed by atoms with E-state index in [1.807, 2.05) is 26.0 Å². The quantitative estimate of drug-likeness (QED) is 0.566. The molecule has 0 atom stereocenters. The van der Waals surface area contributed by atoms with Gasteiger partial charge in [0.2, 0.25) is 5.91 Å². The Balaban J connectivity index is 1.85. The molecule has 1 aromatic rings. The first-order valence-corrected chi connectivity index (χ1v) is 9.27. The molecule has 1 spiro atoms. The van der Waals surface area contributed by atoms with Crippen LogP contribution in [0.3, 0.4) is 0 Å². The molecule has 5 nitrogen and oxygen atoms in total. The zero-order valence-corrected chi connectivity index (χ0v) is 16.3. The Morgan fingerprint density at radius 3 is 2.22 bits per heavy atom. The van der Waals surface area contributed by atoms with Crippen molar-refractivity contribution in [2.45, 2.75) is 52.9 Å². The summed E-state index contributed by atoms with van der Waals surface area (Å²) in [6.45, 7) is 7.75. The van der Waals surface area contributed by atoms with Crippen molar-refractivity contribution < 1.29 is 19.2 Å². The Labute approximate surface area is 160 Å². The largest absolute Gasteiger partial charge is 0.298 e. The van der Waals surface area contributed by atoms with Crippen molar-refractivity contribution in [1.82, 2.24) is 5.06 Å². The number of Topliss-reactive ketones (excluding diaryl/α,β-unsaturated/α-hetero) is 2. The van der Waals surface area contributed by atoms with E-state index >= 15 is 0 Å². The number of amides is 1. The molecule has 0 unspecified atom stereocenters. The molecular formula is C22H25NO4. The van der Waals surface area contributed by atoms with Gasteiger partial charge in [-0.2, -0.15) is 0 Å². The molecule has 27 heavy (non-hydrogen) atoms. The van der Waals surface area contributed by atoms with Crippen LogP contribution in [0.5, 0.6) is 0 Å². The predicted molar refractivity (Wildman–Crippen MR) is 101 cm³/mol. The maximum Gasteiger partial charge on any atom is 0.242 e. The number of hydrogen-bond donors (Lipinski definition) is 0. The summed E-state index contributed by atoms with van der Waals surface area (Å²) in [4.78, 5) is 43.0. The predicted octanol–water partition coefficient (Wildman–Crippen LogP) is 2.86. The number of hydrogen-bond acceptors (Lipinski definition) is 4. The fourth-order valence-corrected chi connectivity index (χ4v) is 4.37. The number of nitrogens with zero attached hydrogens (tertiary/aromatic N) is 1. The van der Waals surface area contributed by atoms with Gasteiger partial charge in [0.25, 0.3) is 0 Å². The Hall–Kier alpha value is -2.45. The number of carbonyl (C=O) groups is 3. The van der Waals surface area contributed by atoms with Crippen LogP contribution in [-0.2, 0) is 19.2 Å². The Morgan fingerprint density at radius 1 is 1.19 bits per heavy atom. The molecule has 1 saturated carbocycles. The molecule has 0 N–H and O–H groups in total. The fourth-order valence-electron chi connectivity index (χ4n) is 4.37. The van der Waals surface area contributed by atoms with Gasteiger partial charge in [0.1, 0.15) is 17.5 Å². The highest BCUT2D eigenvalue weighted by atomic mass is 16.7. The van der Waals surface area contributed by atoms with Gasteiger partial charge in [-0.25, -0.2) is 5.06 Å². The molecule has 0 radical (unpaired) electrons. The van der Waals surface area contributed by atoms with E-state index in [0.717, 1.165) is 22.3 Å². The van der Waals surface area contributed by atoms with Crippen molar-refractivity contribution in [2.24, 2.45) is 5.41 Å². The average molecular weight is 367 g/mol. The fraction of sp³-hybridized carbons (Fsp3) is 0.500. The number of hydroxylamine groups is 2. The molecule has 1 aliphatic carbocycles. The van der Waals surface area contributed by atoms with E-state index in [4.69, 9.17) is 4.84 Å². The zero-order valence-electron chi connectivity index (χ0n) is 16.3. The third kappa shape index (κ3) is 3.68. The zero-order chi connectivity index (χ0) is 19.8. The molecule has 1 aromatic carbocycles. The smallest absolute Gasteiger partial charge is 0.242 e. The first kappa shape index (κ1) is 19.3. The lowest BCUT2D eigenvalue weighted by molar-refractivity contribution is -0.221. The molecule has 0 bridgehead atoms. The summed E-state index contributed by atoms with van der Waals surface area (Å²) in [5, 5.41) is 1.31. The van der Waals surface area contributed by atoms with Gasteiger partial charge < -0.3 is 0 Å². The monoisotopic (exact) mass is 367 g/mol. The van der Waals surface area contributed by atoms with Crippen LogP contribution in [-0.4, -0.2) is 35.7 Å². The lowest BCUT2D eigenvalue weighted by atomic mass is 9.65. The Bertz CT molecular complexity index is 823. The van der Waals surface area contributed by atoms with Gasteiger partial charge in [-0.15, -0.1) is 5.92 Å². The van der Waals surface area contributed by atoms with Crippen molar-refractivity contribution in [1.29, 1.82) is 0 Å². The third-order valence-electron chi connectivity index (χ3n) is 5.62. The SMILES string of the molecule is CC#Cc1cc(C)c(C2C(=O)CC3(CCN(C(C)=O)OC3)CC2=O)c(C)c1. The molecule has 5 heteroatoms. The lowest BCUT2D eigenvalue weighted by Gasteiger charge is -2.43. The second-order valence-electron chi connectivity index (χ2n) is 7.76. The molecule has 3 rings (SSSR count). The van der Waals surface area contributed by atoms with Crippen LogP contribution in [0.4, 0.5) is 0 Å². The van der Waals surface area contributed by atoms with Crippen LogP contribution in [0, 0.1) is 31.1 Å². The number of carbonyl (C=O) groups excluding carboxylic acids is 3. The summed E-state index contributed by atoms with van der Waals surface area (Å²) < 4.78 is 0. The van der Waals surface area contributed by atoms with E-state index in [1.165, 1.54) is 12.0 Å². The van der Waals surface area contributed by atoms with Gasteiger partial charge in [-0.3, -0.25) is 19.2 Å². The second kappa shape index (κ2) is 7.28. The van der Waals surface area contributed by atoms with Gasteiger partial charge in [-0.1, -0.05) is 5.92 Å². The van der Waals surface area contributed by atoms with Crippen molar-refractivity contribution >= 4 is 17.5 Å². The van der Waals surface area contributed by atoms with Crippen molar-refractivity contribution in [3.63, 3.8) is 0 Å². The molecule has 1 heterocycles. The van der Waals surface area contributed by atoms with E-state index in [-0.39, 0.29) is 24.1 Å². The van der Waals surface area contributed by atoms with E-state index < -0.39 is 11.3 Å². The van der Waals surface area contributed by atoms with Crippen LogP contribution in [0.2, 0.25) is 0 Å². The summed E-state index contributed by atoms with van der Waals surface area (Å²) in [7, 11) is 0. The van der Waals surface area contributed by atoms with Gasteiger partial charge in [0.05, 0.1) is 6.61 Å². The molecule has 2 aliphatic rings. The van der Waals surface area contributed by atoms with E-state index in [9.17, 15) is 14.4 Å². The van der Waals surface area contributed by atoms with Crippen LogP contribution in [0.25, 0.3) is 0 Å². The number of ketones is 2. The summed E-state index contributed by atoms with van der Waals surface area (Å²) in [5.41, 5.74) is 3.10. The first-order valence-electron chi connectivity index (χ1n) is 9.27. The van der Waals surface area contributed by atoms with Crippen LogP contribution < -0.4 is 0 Å². The maximum absolute atomic E-state index is 13.0. The molecular weight excluding hydrogens is 342 g/mol. The number of aryl methyl sites for hydroxylation is 2. The van der Waals surface area contributed by atoms with Crippen LogP contribution >= 0.6 is 0 Å². The van der Waals surface area contributed by atoms with E-state index in [2.05, 4.69) is 11.8 Å². The minimum atomic E-state index is -0.704. The molecule has 1 aliphatic heterocycles. The average Bonchev–Trinajstić information content (AvgIpc) is 2.57. The van der Waals surface area contributed by atoms with E-state index in [0.29, 0.717) is 25.8 Å². The highest BCUT2D eigenvalue weighted by Gasteiger charge is 2.48. The molecule has 142 valence electrons.